The van der Waals surface area contributed by atoms with Gasteiger partial charge >= 0.3 is 0 Å². The quantitative estimate of drug-likeness (QED) is 0.842. The summed E-state index contributed by atoms with van der Waals surface area (Å²) in [5, 5.41) is 7.24. The van der Waals surface area contributed by atoms with Crippen LogP contribution in [-0.4, -0.2) is 11.7 Å². The molecule has 0 atom stereocenters. The molecular formula is C17H24N2O2. The topological polar surface area (TPSA) is 47.3 Å². The smallest absolute Gasteiger partial charge is 0.174 e. The summed E-state index contributed by atoms with van der Waals surface area (Å²) in [4.78, 5) is 0. The van der Waals surface area contributed by atoms with Crippen molar-refractivity contribution < 1.29 is 9.26 Å². The van der Waals surface area contributed by atoms with Gasteiger partial charge in [-0.3, -0.25) is 0 Å². The normalized spacial score (nSPS) is 11.1. The Labute approximate surface area is 126 Å². The number of rotatable bonds is 7. The third-order valence-corrected chi connectivity index (χ3v) is 3.32. The first-order valence-corrected chi connectivity index (χ1v) is 7.48. The summed E-state index contributed by atoms with van der Waals surface area (Å²) in [6, 6.07) is 8.26. The van der Waals surface area contributed by atoms with Crippen LogP contribution in [0.25, 0.3) is 0 Å². The van der Waals surface area contributed by atoms with E-state index < -0.39 is 0 Å². The Hall–Kier alpha value is -1.81. The number of nitrogens with one attached hydrogen (secondary N) is 1. The van der Waals surface area contributed by atoms with Crippen molar-refractivity contribution in [3.8, 4) is 5.75 Å². The zero-order chi connectivity index (χ0) is 15.2. The maximum atomic E-state index is 5.93. The molecule has 2 rings (SSSR count). The van der Waals surface area contributed by atoms with Crippen molar-refractivity contribution in [2.24, 2.45) is 0 Å². The van der Waals surface area contributed by atoms with Crippen molar-refractivity contribution in [2.45, 2.75) is 46.8 Å². The Morgan fingerprint density at radius 1 is 1.29 bits per heavy atom. The van der Waals surface area contributed by atoms with Gasteiger partial charge in [-0.05, 0) is 36.6 Å². The second-order valence-corrected chi connectivity index (χ2v) is 5.55. The Balaban J connectivity index is 2.02. The molecular weight excluding hydrogens is 264 g/mol. The standard InChI is InChI=1S/C17H24N2O2/c1-5-18-10-14-9-15(21-19-14)11-20-17-8-13(4)6-7-16(17)12(2)3/h6-9,12,18H,5,10-11H2,1-4H3. The third-order valence-electron chi connectivity index (χ3n) is 3.32. The molecule has 4 nitrogen and oxygen atoms in total. The van der Waals surface area contributed by atoms with Gasteiger partial charge in [-0.2, -0.15) is 0 Å². The molecule has 0 aliphatic carbocycles. The van der Waals surface area contributed by atoms with Gasteiger partial charge in [0, 0.05) is 12.6 Å². The number of benzene rings is 1. The average Bonchev–Trinajstić information content (AvgIpc) is 2.90. The molecule has 0 aliphatic heterocycles. The molecule has 2 aromatic rings. The van der Waals surface area contributed by atoms with Crippen LogP contribution in [0.5, 0.6) is 5.75 Å². The minimum Gasteiger partial charge on any atom is -0.485 e. The first-order chi connectivity index (χ1) is 10.1. The molecule has 0 amide bonds. The fourth-order valence-electron chi connectivity index (χ4n) is 2.15. The highest BCUT2D eigenvalue weighted by Gasteiger charge is 2.10. The monoisotopic (exact) mass is 288 g/mol. The van der Waals surface area contributed by atoms with Gasteiger partial charge in [0.2, 0.25) is 0 Å². The van der Waals surface area contributed by atoms with Crippen molar-refractivity contribution in [3.05, 3.63) is 46.8 Å². The molecule has 1 aromatic heterocycles. The molecule has 0 fully saturated rings. The van der Waals surface area contributed by atoms with Gasteiger partial charge in [0.1, 0.15) is 12.4 Å². The van der Waals surface area contributed by atoms with E-state index in [1.54, 1.807) is 0 Å². The zero-order valence-electron chi connectivity index (χ0n) is 13.3. The molecule has 0 saturated carbocycles. The maximum Gasteiger partial charge on any atom is 0.174 e. The van der Waals surface area contributed by atoms with Crippen LogP contribution in [0, 0.1) is 6.92 Å². The Bertz CT molecular complexity index is 576. The fourth-order valence-corrected chi connectivity index (χ4v) is 2.15. The maximum absolute atomic E-state index is 5.93. The first-order valence-electron chi connectivity index (χ1n) is 7.48. The number of nitrogens with zero attached hydrogens (tertiary/aromatic N) is 1. The summed E-state index contributed by atoms with van der Waals surface area (Å²) >= 11 is 0. The molecule has 1 heterocycles. The molecule has 0 spiro atoms. The highest BCUT2D eigenvalue weighted by Crippen LogP contribution is 2.28. The highest BCUT2D eigenvalue weighted by atomic mass is 16.5. The summed E-state index contributed by atoms with van der Waals surface area (Å²) < 4.78 is 11.2. The van der Waals surface area contributed by atoms with Crippen molar-refractivity contribution in [1.29, 1.82) is 0 Å². The van der Waals surface area contributed by atoms with Crippen LogP contribution in [0.4, 0.5) is 0 Å². The molecule has 4 heteroatoms. The number of aromatic nitrogens is 1. The molecule has 0 bridgehead atoms. The van der Waals surface area contributed by atoms with E-state index in [1.165, 1.54) is 11.1 Å². The lowest BCUT2D eigenvalue weighted by Crippen LogP contribution is -2.11. The van der Waals surface area contributed by atoms with E-state index in [0.717, 1.165) is 30.3 Å². The minimum atomic E-state index is 0.405. The number of hydrogen-bond acceptors (Lipinski definition) is 4. The Morgan fingerprint density at radius 2 is 2.10 bits per heavy atom. The van der Waals surface area contributed by atoms with Gasteiger partial charge in [0.05, 0.1) is 5.69 Å². The lowest BCUT2D eigenvalue weighted by atomic mass is 10.0. The predicted molar refractivity (Wildman–Crippen MR) is 83.5 cm³/mol. The Kier molecular flexibility index (Phi) is 5.39. The molecule has 114 valence electrons. The Morgan fingerprint density at radius 3 is 2.81 bits per heavy atom. The predicted octanol–water partition coefficient (Wildman–Crippen LogP) is 3.79. The molecule has 0 radical (unpaired) electrons. The van der Waals surface area contributed by atoms with Gasteiger partial charge in [-0.25, -0.2) is 0 Å². The van der Waals surface area contributed by atoms with Gasteiger partial charge in [-0.15, -0.1) is 0 Å². The molecule has 1 N–H and O–H groups in total. The van der Waals surface area contributed by atoms with E-state index in [0.29, 0.717) is 12.5 Å². The minimum absolute atomic E-state index is 0.405. The van der Waals surface area contributed by atoms with Gasteiger partial charge in [-0.1, -0.05) is 38.1 Å². The molecule has 1 aromatic carbocycles. The van der Waals surface area contributed by atoms with E-state index >= 15 is 0 Å². The van der Waals surface area contributed by atoms with Gasteiger partial charge in [0.15, 0.2) is 5.76 Å². The fraction of sp³-hybridized carbons (Fsp3) is 0.471. The summed E-state index contributed by atoms with van der Waals surface area (Å²) in [6.45, 7) is 10.5. The van der Waals surface area contributed by atoms with Crippen molar-refractivity contribution >= 4 is 0 Å². The van der Waals surface area contributed by atoms with Crippen molar-refractivity contribution in [2.75, 3.05) is 6.54 Å². The van der Waals surface area contributed by atoms with E-state index in [4.69, 9.17) is 9.26 Å². The highest BCUT2D eigenvalue weighted by molar-refractivity contribution is 5.39. The van der Waals surface area contributed by atoms with Gasteiger partial charge in [0.25, 0.3) is 0 Å². The van der Waals surface area contributed by atoms with E-state index in [9.17, 15) is 0 Å². The van der Waals surface area contributed by atoms with Crippen molar-refractivity contribution in [1.82, 2.24) is 10.5 Å². The summed E-state index contributed by atoms with van der Waals surface area (Å²) in [5.41, 5.74) is 3.32. The zero-order valence-corrected chi connectivity index (χ0v) is 13.3. The largest absolute Gasteiger partial charge is 0.485 e. The van der Waals surface area contributed by atoms with Crippen LogP contribution in [0.2, 0.25) is 0 Å². The SMILES string of the molecule is CCNCc1cc(COc2cc(C)ccc2C(C)C)on1. The molecule has 0 saturated heterocycles. The molecule has 0 unspecified atom stereocenters. The number of aryl methyl sites for hydroxylation is 1. The number of hydrogen-bond donors (Lipinski definition) is 1. The van der Waals surface area contributed by atoms with Crippen LogP contribution in [0.3, 0.4) is 0 Å². The van der Waals surface area contributed by atoms with Gasteiger partial charge < -0.3 is 14.6 Å². The van der Waals surface area contributed by atoms with Crippen LogP contribution in [-0.2, 0) is 13.2 Å². The van der Waals surface area contributed by atoms with Crippen LogP contribution < -0.4 is 10.1 Å². The average molecular weight is 288 g/mol. The summed E-state index contributed by atoms with van der Waals surface area (Å²) in [7, 11) is 0. The molecule has 21 heavy (non-hydrogen) atoms. The van der Waals surface area contributed by atoms with Crippen LogP contribution in [0.1, 0.15) is 49.3 Å². The van der Waals surface area contributed by atoms with E-state index in [-0.39, 0.29) is 0 Å². The lowest BCUT2D eigenvalue weighted by molar-refractivity contribution is 0.246. The number of ether oxygens (including phenoxy) is 1. The van der Waals surface area contributed by atoms with E-state index in [2.05, 4.69) is 56.4 Å². The van der Waals surface area contributed by atoms with Crippen LogP contribution in [0.15, 0.2) is 28.8 Å². The van der Waals surface area contributed by atoms with Crippen molar-refractivity contribution in [3.63, 3.8) is 0 Å². The second kappa shape index (κ2) is 7.27. The van der Waals surface area contributed by atoms with E-state index in [1.807, 2.05) is 6.07 Å². The third kappa shape index (κ3) is 4.33. The summed E-state index contributed by atoms with van der Waals surface area (Å²) in [6.07, 6.45) is 0. The second-order valence-electron chi connectivity index (χ2n) is 5.55. The molecule has 0 aliphatic rings. The van der Waals surface area contributed by atoms with Crippen LogP contribution >= 0.6 is 0 Å². The lowest BCUT2D eigenvalue weighted by Gasteiger charge is -2.13. The summed E-state index contributed by atoms with van der Waals surface area (Å²) in [5.74, 6) is 2.10. The first kappa shape index (κ1) is 15.6.